The molecule has 1 aromatic carbocycles. The maximum atomic E-state index is 12.5. The van der Waals surface area contributed by atoms with Crippen molar-refractivity contribution >= 4 is 24.1 Å². The normalized spacial score (nSPS) is 23.2. The van der Waals surface area contributed by atoms with Gasteiger partial charge in [0.15, 0.2) is 5.78 Å². The molecule has 0 bridgehead atoms. The van der Waals surface area contributed by atoms with Crippen LogP contribution >= 0.6 is 12.4 Å². The predicted octanol–water partition coefficient (Wildman–Crippen LogP) is 3.84. The third-order valence-corrected chi connectivity index (χ3v) is 6.02. The Hall–Kier alpha value is -1.59. The van der Waals surface area contributed by atoms with Crippen molar-refractivity contribution in [3.05, 3.63) is 29.8 Å². The van der Waals surface area contributed by atoms with Gasteiger partial charge in [-0.25, -0.2) is 0 Å². The number of ketones is 1. The van der Waals surface area contributed by atoms with Gasteiger partial charge in [-0.3, -0.25) is 9.59 Å². The van der Waals surface area contributed by atoms with Crippen LogP contribution in [0.15, 0.2) is 24.3 Å². The summed E-state index contributed by atoms with van der Waals surface area (Å²) in [6.45, 7) is 4.45. The molecule has 3 atom stereocenters. The zero-order chi connectivity index (χ0) is 19.2. The van der Waals surface area contributed by atoms with Crippen LogP contribution in [0.4, 0.5) is 0 Å². The van der Waals surface area contributed by atoms with Crippen molar-refractivity contribution in [2.75, 3.05) is 19.7 Å². The molecule has 5 nitrogen and oxygen atoms in total. The van der Waals surface area contributed by atoms with Gasteiger partial charge in [-0.2, -0.15) is 0 Å². The van der Waals surface area contributed by atoms with Crippen LogP contribution in [0.3, 0.4) is 0 Å². The van der Waals surface area contributed by atoms with E-state index in [1.165, 1.54) is 6.42 Å². The SMILES string of the molecule is CCCCCOc1ccc(C(=O)CCC(=O)N2CC3CCC(N)C3C2)cc1.Cl. The Balaban J connectivity index is 0.00000280. The number of nitrogens with zero attached hydrogens (tertiary/aromatic N) is 1. The second-order valence-corrected chi connectivity index (χ2v) is 7.97. The highest BCUT2D eigenvalue weighted by molar-refractivity contribution is 5.98. The van der Waals surface area contributed by atoms with Gasteiger partial charge in [0.05, 0.1) is 6.61 Å². The number of benzene rings is 1. The summed E-state index contributed by atoms with van der Waals surface area (Å²) in [6, 6.07) is 7.49. The molecule has 156 valence electrons. The van der Waals surface area contributed by atoms with Gasteiger partial charge in [-0.05, 0) is 55.4 Å². The number of likely N-dealkylation sites (tertiary alicyclic amines) is 1. The minimum atomic E-state index is 0. The summed E-state index contributed by atoms with van der Waals surface area (Å²) in [5.41, 5.74) is 6.78. The summed E-state index contributed by atoms with van der Waals surface area (Å²) in [4.78, 5) is 26.8. The van der Waals surface area contributed by atoms with E-state index in [9.17, 15) is 9.59 Å². The number of amides is 1. The van der Waals surface area contributed by atoms with E-state index in [2.05, 4.69) is 6.92 Å². The number of rotatable bonds is 9. The van der Waals surface area contributed by atoms with Gasteiger partial charge in [-0.1, -0.05) is 19.8 Å². The van der Waals surface area contributed by atoms with Crippen LogP contribution in [0.2, 0.25) is 0 Å². The third-order valence-electron chi connectivity index (χ3n) is 6.02. The Morgan fingerprint density at radius 1 is 1.11 bits per heavy atom. The van der Waals surface area contributed by atoms with Crippen LogP contribution in [0.5, 0.6) is 5.75 Å². The van der Waals surface area contributed by atoms with E-state index in [4.69, 9.17) is 10.5 Å². The molecule has 1 saturated heterocycles. The lowest BCUT2D eigenvalue weighted by molar-refractivity contribution is -0.130. The van der Waals surface area contributed by atoms with E-state index in [1.54, 1.807) is 12.1 Å². The Bertz CT molecular complexity index is 650. The molecule has 2 fully saturated rings. The van der Waals surface area contributed by atoms with E-state index in [0.29, 0.717) is 24.0 Å². The zero-order valence-corrected chi connectivity index (χ0v) is 17.6. The van der Waals surface area contributed by atoms with Crippen LogP contribution in [0.25, 0.3) is 0 Å². The highest BCUT2D eigenvalue weighted by Crippen LogP contribution is 2.37. The van der Waals surface area contributed by atoms with E-state index >= 15 is 0 Å². The van der Waals surface area contributed by atoms with Gasteiger partial charge in [0.1, 0.15) is 5.75 Å². The van der Waals surface area contributed by atoms with Gasteiger partial charge in [0.25, 0.3) is 0 Å². The molecule has 1 amide bonds. The van der Waals surface area contributed by atoms with Crippen molar-refractivity contribution in [1.29, 1.82) is 0 Å². The lowest BCUT2D eigenvalue weighted by Crippen LogP contribution is -2.33. The molecule has 3 unspecified atom stereocenters. The highest BCUT2D eigenvalue weighted by Gasteiger charge is 2.42. The topological polar surface area (TPSA) is 72.6 Å². The van der Waals surface area contributed by atoms with E-state index in [0.717, 1.165) is 44.5 Å². The fourth-order valence-electron chi connectivity index (χ4n) is 4.31. The van der Waals surface area contributed by atoms with Gasteiger partial charge in [0.2, 0.25) is 5.91 Å². The number of nitrogens with two attached hydrogens (primary N) is 1. The number of Topliss-reactive ketones (excluding diaryl/α,β-unsaturated/α-hetero) is 1. The van der Waals surface area contributed by atoms with Crippen molar-refractivity contribution in [1.82, 2.24) is 4.90 Å². The first kappa shape index (κ1) is 22.7. The molecule has 28 heavy (non-hydrogen) atoms. The molecule has 0 aromatic heterocycles. The molecule has 6 heteroatoms. The summed E-state index contributed by atoms with van der Waals surface area (Å²) >= 11 is 0. The fourth-order valence-corrected chi connectivity index (χ4v) is 4.31. The lowest BCUT2D eigenvalue weighted by atomic mass is 9.98. The number of fused-ring (bicyclic) bond motifs is 1. The van der Waals surface area contributed by atoms with Crippen molar-refractivity contribution in [2.24, 2.45) is 17.6 Å². The molecule has 2 aliphatic rings. The number of unbranched alkanes of at least 4 members (excludes halogenated alkanes) is 2. The van der Waals surface area contributed by atoms with Gasteiger partial charge >= 0.3 is 0 Å². The Labute approximate surface area is 174 Å². The third kappa shape index (κ3) is 5.71. The molecule has 1 aliphatic carbocycles. The van der Waals surface area contributed by atoms with Gasteiger partial charge in [0, 0.05) is 37.5 Å². The zero-order valence-electron chi connectivity index (χ0n) is 16.8. The van der Waals surface area contributed by atoms with Gasteiger partial charge < -0.3 is 15.4 Å². The molecule has 1 aromatic rings. The summed E-state index contributed by atoms with van der Waals surface area (Å²) < 4.78 is 5.67. The maximum Gasteiger partial charge on any atom is 0.223 e. The molecule has 1 heterocycles. The Morgan fingerprint density at radius 3 is 2.54 bits per heavy atom. The van der Waals surface area contributed by atoms with Gasteiger partial charge in [-0.15, -0.1) is 12.4 Å². The molecule has 1 saturated carbocycles. The summed E-state index contributed by atoms with van der Waals surface area (Å²) in [6.07, 6.45) is 6.12. The first-order chi connectivity index (χ1) is 13.1. The molecule has 2 N–H and O–H groups in total. The number of carbonyl (C=O) groups is 2. The monoisotopic (exact) mass is 408 g/mol. The predicted molar refractivity (Wildman–Crippen MR) is 113 cm³/mol. The van der Waals surface area contributed by atoms with Crippen molar-refractivity contribution in [3.8, 4) is 5.75 Å². The standard InChI is InChI=1S/C22H32N2O3.ClH/c1-2-3-4-13-27-18-8-5-16(6-9-18)21(25)11-12-22(26)24-14-17-7-10-20(23)19(17)15-24;/h5-6,8-9,17,19-20H,2-4,7,10-15,23H2,1H3;1H. The minimum absolute atomic E-state index is 0. The quantitative estimate of drug-likeness (QED) is 0.497. The van der Waals surface area contributed by atoms with Crippen LogP contribution in [-0.4, -0.2) is 42.3 Å². The van der Waals surface area contributed by atoms with Crippen molar-refractivity contribution in [2.45, 2.75) is 57.9 Å². The second-order valence-electron chi connectivity index (χ2n) is 7.97. The van der Waals surface area contributed by atoms with Crippen molar-refractivity contribution in [3.63, 3.8) is 0 Å². The van der Waals surface area contributed by atoms with E-state index in [1.807, 2.05) is 17.0 Å². The second kappa shape index (κ2) is 10.8. The van der Waals surface area contributed by atoms with Crippen LogP contribution < -0.4 is 10.5 Å². The van der Waals surface area contributed by atoms with Crippen molar-refractivity contribution < 1.29 is 14.3 Å². The number of ether oxygens (including phenoxy) is 1. The molecular weight excluding hydrogens is 376 g/mol. The first-order valence-corrected chi connectivity index (χ1v) is 10.4. The summed E-state index contributed by atoms with van der Waals surface area (Å²) in [5.74, 6) is 1.90. The minimum Gasteiger partial charge on any atom is -0.494 e. The number of hydrogen-bond donors (Lipinski definition) is 1. The van der Waals surface area contributed by atoms with Crippen LogP contribution in [-0.2, 0) is 4.79 Å². The van der Waals surface area contributed by atoms with E-state index < -0.39 is 0 Å². The molecule has 0 radical (unpaired) electrons. The van der Waals surface area contributed by atoms with Crippen LogP contribution in [0, 0.1) is 11.8 Å². The molecular formula is C22H33ClN2O3. The largest absolute Gasteiger partial charge is 0.494 e. The summed E-state index contributed by atoms with van der Waals surface area (Å²) in [7, 11) is 0. The number of halogens is 1. The molecule has 3 rings (SSSR count). The van der Waals surface area contributed by atoms with E-state index in [-0.39, 0.29) is 43.0 Å². The number of carbonyl (C=O) groups excluding carboxylic acids is 2. The fraction of sp³-hybridized carbons (Fsp3) is 0.636. The average Bonchev–Trinajstić information content (AvgIpc) is 3.26. The molecule has 0 spiro atoms. The number of hydrogen-bond acceptors (Lipinski definition) is 4. The smallest absolute Gasteiger partial charge is 0.223 e. The lowest BCUT2D eigenvalue weighted by Gasteiger charge is -2.18. The Morgan fingerprint density at radius 2 is 1.86 bits per heavy atom. The molecule has 1 aliphatic heterocycles. The summed E-state index contributed by atoms with van der Waals surface area (Å²) in [5, 5.41) is 0. The van der Waals surface area contributed by atoms with Crippen LogP contribution in [0.1, 0.15) is 62.2 Å². The average molecular weight is 409 g/mol. The first-order valence-electron chi connectivity index (χ1n) is 10.4. The maximum absolute atomic E-state index is 12.5. The highest BCUT2D eigenvalue weighted by atomic mass is 35.5. The Kier molecular flexibility index (Phi) is 8.77.